The molecule has 3 nitrogen and oxygen atoms in total. The van der Waals surface area contributed by atoms with Crippen LogP contribution in [-0.2, 0) is 6.54 Å². The van der Waals surface area contributed by atoms with E-state index in [-0.39, 0.29) is 0 Å². The van der Waals surface area contributed by atoms with Gasteiger partial charge in [-0.3, -0.25) is 9.88 Å². The van der Waals surface area contributed by atoms with Crippen molar-refractivity contribution in [3.8, 4) is 0 Å². The number of hydrogen-bond donors (Lipinski definition) is 1. The van der Waals surface area contributed by atoms with Gasteiger partial charge < -0.3 is 5.73 Å². The van der Waals surface area contributed by atoms with Crippen molar-refractivity contribution in [2.45, 2.75) is 46.2 Å². The van der Waals surface area contributed by atoms with E-state index < -0.39 is 0 Å². The summed E-state index contributed by atoms with van der Waals surface area (Å²) in [5, 5.41) is 0. The molecule has 2 unspecified atom stereocenters. The van der Waals surface area contributed by atoms with E-state index in [1.807, 2.05) is 12.4 Å². The Morgan fingerprint density at radius 3 is 2.58 bits per heavy atom. The highest BCUT2D eigenvalue weighted by Crippen LogP contribution is 2.40. The monoisotopic (exact) mass is 261 g/mol. The molecule has 0 saturated heterocycles. The first-order chi connectivity index (χ1) is 9.03. The van der Waals surface area contributed by atoms with Crippen LogP contribution in [0.5, 0.6) is 0 Å². The maximum atomic E-state index is 6.42. The molecule has 0 amide bonds. The molecule has 1 fully saturated rings. The average molecular weight is 261 g/mol. The molecular weight excluding hydrogens is 234 g/mol. The fraction of sp³-hybridized carbons (Fsp3) is 0.688. The Morgan fingerprint density at radius 1 is 1.37 bits per heavy atom. The SMILES string of the molecule is CCN(Cc1ccncc1)CC1CCC(C)(C)C1N. The third-order valence-electron chi connectivity index (χ3n) is 4.67. The zero-order valence-electron chi connectivity index (χ0n) is 12.5. The molecular formula is C16H27N3. The third-order valence-corrected chi connectivity index (χ3v) is 4.67. The summed E-state index contributed by atoms with van der Waals surface area (Å²) in [4.78, 5) is 6.58. The van der Waals surface area contributed by atoms with Crippen LogP contribution in [0.25, 0.3) is 0 Å². The second-order valence-corrected chi connectivity index (χ2v) is 6.50. The second-order valence-electron chi connectivity index (χ2n) is 6.50. The average Bonchev–Trinajstić information content (AvgIpc) is 2.66. The Balaban J connectivity index is 1.93. The van der Waals surface area contributed by atoms with Gasteiger partial charge in [-0.15, -0.1) is 0 Å². The predicted octanol–water partition coefficient (Wildman–Crippen LogP) is 2.67. The fourth-order valence-electron chi connectivity index (χ4n) is 3.13. The molecule has 2 rings (SSSR count). The summed E-state index contributed by atoms with van der Waals surface area (Å²) < 4.78 is 0. The molecule has 1 saturated carbocycles. The van der Waals surface area contributed by atoms with Crippen molar-refractivity contribution in [2.24, 2.45) is 17.1 Å². The summed E-state index contributed by atoms with van der Waals surface area (Å²) >= 11 is 0. The third kappa shape index (κ3) is 3.54. The highest BCUT2D eigenvalue weighted by molar-refractivity contribution is 5.09. The minimum absolute atomic E-state index is 0.306. The minimum Gasteiger partial charge on any atom is -0.327 e. The van der Waals surface area contributed by atoms with E-state index >= 15 is 0 Å². The molecule has 0 bridgehead atoms. The van der Waals surface area contributed by atoms with Crippen LogP contribution in [0.4, 0.5) is 0 Å². The summed E-state index contributed by atoms with van der Waals surface area (Å²) in [6, 6.07) is 4.53. The lowest BCUT2D eigenvalue weighted by Crippen LogP contribution is -2.42. The van der Waals surface area contributed by atoms with Crippen LogP contribution in [0.1, 0.15) is 39.2 Å². The lowest BCUT2D eigenvalue weighted by atomic mass is 9.85. The molecule has 106 valence electrons. The van der Waals surface area contributed by atoms with E-state index in [4.69, 9.17) is 5.73 Å². The summed E-state index contributed by atoms with van der Waals surface area (Å²) in [5.74, 6) is 0.636. The number of nitrogens with zero attached hydrogens (tertiary/aromatic N) is 2. The highest BCUT2D eigenvalue weighted by atomic mass is 15.1. The number of rotatable bonds is 5. The van der Waals surface area contributed by atoms with Gasteiger partial charge in [-0.25, -0.2) is 0 Å². The minimum atomic E-state index is 0.306. The molecule has 0 radical (unpaired) electrons. The Bertz CT molecular complexity index is 388. The van der Waals surface area contributed by atoms with E-state index in [2.05, 4.69) is 42.8 Å². The first kappa shape index (κ1) is 14.5. The molecule has 0 aromatic carbocycles. The van der Waals surface area contributed by atoms with Gasteiger partial charge in [0.1, 0.15) is 0 Å². The molecule has 1 aromatic rings. The molecule has 0 aliphatic heterocycles. The number of hydrogen-bond acceptors (Lipinski definition) is 3. The Kier molecular flexibility index (Phi) is 4.58. The van der Waals surface area contributed by atoms with Crippen molar-refractivity contribution in [1.82, 2.24) is 9.88 Å². The molecule has 3 heteroatoms. The number of nitrogens with two attached hydrogens (primary N) is 1. The van der Waals surface area contributed by atoms with E-state index in [0.29, 0.717) is 17.4 Å². The van der Waals surface area contributed by atoms with Crippen molar-refractivity contribution >= 4 is 0 Å². The van der Waals surface area contributed by atoms with Crippen molar-refractivity contribution in [3.63, 3.8) is 0 Å². The Labute approximate surface area is 117 Å². The lowest BCUT2D eigenvalue weighted by molar-refractivity contribution is 0.205. The summed E-state index contributed by atoms with van der Waals surface area (Å²) in [6.45, 7) is 10.0. The lowest BCUT2D eigenvalue weighted by Gasteiger charge is -2.30. The van der Waals surface area contributed by atoms with Crippen molar-refractivity contribution in [1.29, 1.82) is 0 Å². The molecule has 2 atom stereocenters. The Morgan fingerprint density at radius 2 is 2.05 bits per heavy atom. The van der Waals surface area contributed by atoms with Gasteiger partial charge in [0.05, 0.1) is 0 Å². The van der Waals surface area contributed by atoms with Crippen LogP contribution in [-0.4, -0.2) is 29.0 Å². The van der Waals surface area contributed by atoms with Crippen LogP contribution in [0.2, 0.25) is 0 Å². The van der Waals surface area contributed by atoms with E-state index in [0.717, 1.165) is 19.6 Å². The van der Waals surface area contributed by atoms with E-state index in [1.165, 1.54) is 18.4 Å². The normalized spacial score (nSPS) is 25.9. The zero-order chi connectivity index (χ0) is 13.9. The first-order valence-electron chi connectivity index (χ1n) is 7.40. The number of aromatic nitrogens is 1. The molecule has 1 aromatic heterocycles. The zero-order valence-corrected chi connectivity index (χ0v) is 12.5. The fourth-order valence-corrected chi connectivity index (χ4v) is 3.13. The highest BCUT2D eigenvalue weighted by Gasteiger charge is 2.39. The predicted molar refractivity (Wildman–Crippen MR) is 79.7 cm³/mol. The molecule has 1 heterocycles. The van der Waals surface area contributed by atoms with Gasteiger partial charge >= 0.3 is 0 Å². The summed E-state index contributed by atoms with van der Waals surface area (Å²) in [6.07, 6.45) is 6.26. The van der Waals surface area contributed by atoms with Crippen molar-refractivity contribution in [3.05, 3.63) is 30.1 Å². The van der Waals surface area contributed by atoms with Gasteiger partial charge in [0.2, 0.25) is 0 Å². The van der Waals surface area contributed by atoms with Gasteiger partial charge in [-0.05, 0) is 48.4 Å². The van der Waals surface area contributed by atoms with Crippen LogP contribution >= 0.6 is 0 Å². The standard InChI is InChI=1S/C16H27N3/c1-4-19(11-13-6-9-18-10-7-13)12-14-5-8-16(2,3)15(14)17/h6-7,9-10,14-15H,4-5,8,11-12,17H2,1-3H3. The maximum absolute atomic E-state index is 6.42. The maximum Gasteiger partial charge on any atom is 0.0271 e. The van der Waals surface area contributed by atoms with Gasteiger partial charge in [0, 0.05) is 31.5 Å². The van der Waals surface area contributed by atoms with Crippen LogP contribution in [0.3, 0.4) is 0 Å². The molecule has 1 aliphatic rings. The van der Waals surface area contributed by atoms with Crippen LogP contribution in [0, 0.1) is 11.3 Å². The van der Waals surface area contributed by atoms with Crippen LogP contribution < -0.4 is 5.73 Å². The molecule has 0 spiro atoms. The first-order valence-corrected chi connectivity index (χ1v) is 7.40. The van der Waals surface area contributed by atoms with Gasteiger partial charge in [-0.1, -0.05) is 20.8 Å². The van der Waals surface area contributed by atoms with Gasteiger partial charge in [-0.2, -0.15) is 0 Å². The second kappa shape index (κ2) is 6.02. The van der Waals surface area contributed by atoms with E-state index in [9.17, 15) is 0 Å². The van der Waals surface area contributed by atoms with Crippen molar-refractivity contribution in [2.75, 3.05) is 13.1 Å². The van der Waals surface area contributed by atoms with Gasteiger partial charge in [0.25, 0.3) is 0 Å². The van der Waals surface area contributed by atoms with Crippen molar-refractivity contribution < 1.29 is 0 Å². The smallest absolute Gasteiger partial charge is 0.0271 e. The molecule has 1 aliphatic carbocycles. The quantitative estimate of drug-likeness (QED) is 0.886. The van der Waals surface area contributed by atoms with E-state index in [1.54, 1.807) is 0 Å². The Hall–Kier alpha value is -0.930. The largest absolute Gasteiger partial charge is 0.327 e. The summed E-state index contributed by atoms with van der Waals surface area (Å²) in [7, 11) is 0. The molecule has 19 heavy (non-hydrogen) atoms. The number of pyridine rings is 1. The summed E-state index contributed by atoms with van der Waals surface area (Å²) in [5.41, 5.74) is 8.06. The van der Waals surface area contributed by atoms with Crippen LogP contribution in [0.15, 0.2) is 24.5 Å². The van der Waals surface area contributed by atoms with Gasteiger partial charge in [0.15, 0.2) is 0 Å². The topological polar surface area (TPSA) is 42.2 Å². The molecule has 2 N–H and O–H groups in total.